The van der Waals surface area contributed by atoms with Gasteiger partial charge in [-0.05, 0) is 45.8 Å². The Bertz CT molecular complexity index is 3160. The SMILES string of the molecule is c1ccc(-c2nc(-c3cccc4c3sc3ccccc34)nc(-c3cc4ccc5ccccc5c4c4oc5c6ccccc6ccc5c34)n2)cc1. The van der Waals surface area contributed by atoms with Crippen LogP contribution in [0.25, 0.3) is 109 Å². The van der Waals surface area contributed by atoms with Gasteiger partial charge in [0.25, 0.3) is 0 Å². The lowest BCUT2D eigenvalue weighted by Gasteiger charge is -2.12. The van der Waals surface area contributed by atoms with Gasteiger partial charge in [0.1, 0.15) is 11.2 Å². The Balaban J connectivity index is 1.28. The molecular weight excluding hydrogens is 631 g/mol. The molecule has 50 heavy (non-hydrogen) atoms. The zero-order chi connectivity index (χ0) is 32.8. The molecule has 0 spiro atoms. The molecule has 0 N–H and O–H groups in total. The predicted molar refractivity (Wildman–Crippen MR) is 209 cm³/mol. The average molecular weight is 656 g/mol. The van der Waals surface area contributed by atoms with E-state index >= 15 is 0 Å². The van der Waals surface area contributed by atoms with Gasteiger partial charge in [-0.15, -0.1) is 11.3 Å². The van der Waals surface area contributed by atoms with Crippen molar-refractivity contribution in [2.24, 2.45) is 0 Å². The summed E-state index contributed by atoms with van der Waals surface area (Å²) in [6, 6.07) is 53.1. The Morgan fingerprint density at radius 3 is 1.90 bits per heavy atom. The molecule has 3 aromatic heterocycles. The number of furan rings is 1. The molecule has 232 valence electrons. The Morgan fingerprint density at radius 1 is 0.400 bits per heavy atom. The highest BCUT2D eigenvalue weighted by atomic mass is 32.1. The van der Waals surface area contributed by atoms with E-state index in [1.807, 2.05) is 18.2 Å². The monoisotopic (exact) mass is 655 g/mol. The number of aromatic nitrogens is 3. The molecule has 0 atom stereocenters. The molecule has 0 aliphatic carbocycles. The fraction of sp³-hybridized carbons (Fsp3) is 0. The van der Waals surface area contributed by atoms with Crippen molar-refractivity contribution in [2.45, 2.75) is 0 Å². The minimum absolute atomic E-state index is 0.614. The van der Waals surface area contributed by atoms with E-state index in [2.05, 4.69) is 133 Å². The second-order valence-corrected chi connectivity index (χ2v) is 13.8. The van der Waals surface area contributed by atoms with Crippen LogP contribution in [-0.2, 0) is 0 Å². The van der Waals surface area contributed by atoms with Gasteiger partial charge in [0, 0.05) is 58.4 Å². The first-order valence-corrected chi connectivity index (χ1v) is 17.5. The standard InChI is InChI=1S/C45H25N3OS/c1-2-13-28(14-3-1)43-46-44(35-19-10-18-33-32-17-8-9-20-37(32)50-42(33)35)48-45(47-43)36-25-29-22-21-26-11-4-6-15-30(26)38(29)41-39(36)34-24-23-27-12-5-7-16-31(27)40(34)49-41/h1-25H. The Morgan fingerprint density at radius 2 is 1.04 bits per heavy atom. The van der Waals surface area contributed by atoms with Gasteiger partial charge in [-0.3, -0.25) is 0 Å². The van der Waals surface area contributed by atoms with Crippen LogP contribution >= 0.6 is 11.3 Å². The molecule has 0 saturated heterocycles. The summed E-state index contributed by atoms with van der Waals surface area (Å²) >= 11 is 1.78. The number of thiophene rings is 1. The van der Waals surface area contributed by atoms with E-state index in [-0.39, 0.29) is 0 Å². The van der Waals surface area contributed by atoms with Crippen molar-refractivity contribution in [3.63, 3.8) is 0 Å². The van der Waals surface area contributed by atoms with Crippen LogP contribution in [0.3, 0.4) is 0 Å². The predicted octanol–water partition coefficient (Wildman–Crippen LogP) is 12.6. The maximum Gasteiger partial charge on any atom is 0.165 e. The van der Waals surface area contributed by atoms with Gasteiger partial charge >= 0.3 is 0 Å². The lowest BCUT2D eigenvalue weighted by atomic mass is 9.95. The van der Waals surface area contributed by atoms with Crippen molar-refractivity contribution in [2.75, 3.05) is 0 Å². The summed E-state index contributed by atoms with van der Waals surface area (Å²) < 4.78 is 9.41. The summed E-state index contributed by atoms with van der Waals surface area (Å²) in [5, 5.41) is 11.2. The van der Waals surface area contributed by atoms with Gasteiger partial charge in [-0.25, -0.2) is 15.0 Å². The van der Waals surface area contributed by atoms with Crippen molar-refractivity contribution in [1.82, 2.24) is 15.0 Å². The van der Waals surface area contributed by atoms with Crippen molar-refractivity contribution < 1.29 is 4.42 Å². The lowest BCUT2D eigenvalue weighted by molar-refractivity contribution is 0.677. The molecule has 0 aliphatic heterocycles. The molecule has 11 rings (SSSR count). The van der Waals surface area contributed by atoms with Crippen molar-refractivity contribution in [3.05, 3.63) is 152 Å². The highest BCUT2D eigenvalue weighted by Crippen LogP contribution is 2.45. The third-order valence-electron chi connectivity index (χ3n) is 9.89. The number of nitrogens with zero attached hydrogens (tertiary/aromatic N) is 3. The van der Waals surface area contributed by atoms with Gasteiger partial charge in [-0.1, -0.05) is 127 Å². The van der Waals surface area contributed by atoms with Crippen LogP contribution < -0.4 is 0 Å². The molecule has 5 heteroatoms. The Kier molecular flexibility index (Phi) is 5.80. The molecule has 0 fully saturated rings. The molecule has 0 radical (unpaired) electrons. The Labute approximate surface area is 289 Å². The van der Waals surface area contributed by atoms with E-state index in [1.165, 1.54) is 25.6 Å². The summed E-state index contributed by atoms with van der Waals surface area (Å²) in [4.78, 5) is 15.7. The number of hydrogen-bond acceptors (Lipinski definition) is 5. The largest absolute Gasteiger partial charge is 0.455 e. The van der Waals surface area contributed by atoms with Gasteiger partial charge in [-0.2, -0.15) is 0 Å². The highest BCUT2D eigenvalue weighted by molar-refractivity contribution is 7.26. The number of benzene rings is 8. The van der Waals surface area contributed by atoms with Crippen molar-refractivity contribution in [1.29, 1.82) is 0 Å². The van der Waals surface area contributed by atoms with Gasteiger partial charge in [0.05, 0.1) is 0 Å². The van der Waals surface area contributed by atoms with Gasteiger partial charge in [0.15, 0.2) is 17.5 Å². The van der Waals surface area contributed by atoms with Crippen LogP contribution in [-0.4, -0.2) is 15.0 Å². The molecule has 8 aromatic carbocycles. The normalized spacial score (nSPS) is 12.0. The van der Waals surface area contributed by atoms with E-state index in [0.717, 1.165) is 65.6 Å². The Hall–Kier alpha value is -6.43. The topological polar surface area (TPSA) is 51.8 Å². The molecule has 0 bridgehead atoms. The quantitative estimate of drug-likeness (QED) is 0.178. The molecule has 0 aliphatic rings. The maximum atomic E-state index is 7.00. The summed E-state index contributed by atoms with van der Waals surface area (Å²) in [6.07, 6.45) is 0. The maximum absolute atomic E-state index is 7.00. The third kappa shape index (κ3) is 4.01. The number of hydrogen-bond donors (Lipinski definition) is 0. The third-order valence-corrected chi connectivity index (χ3v) is 11.1. The number of fused-ring (bicyclic) bond motifs is 12. The van der Waals surface area contributed by atoms with Crippen LogP contribution in [0.2, 0.25) is 0 Å². The average Bonchev–Trinajstić information content (AvgIpc) is 3.77. The highest BCUT2D eigenvalue weighted by Gasteiger charge is 2.23. The summed E-state index contributed by atoms with van der Waals surface area (Å²) in [7, 11) is 0. The molecule has 0 saturated carbocycles. The van der Waals surface area contributed by atoms with Gasteiger partial charge in [0.2, 0.25) is 0 Å². The van der Waals surface area contributed by atoms with Crippen LogP contribution in [0, 0.1) is 0 Å². The van der Waals surface area contributed by atoms with Crippen LogP contribution in [0.15, 0.2) is 156 Å². The minimum atomic E-state index is 0.614. The van der Waals surface area contributed by atoms with E-state index in [9.17, 15) is 0 Å². The van der Waals surface area contributed by atoms with E-state index < -0.39 is 0 Å². The summed E-state index contributed by atoms with van der Waals surface area (Å²) in [5.74, 6) is 1.90. The van der Waals surface area contributed by atoms with E-state index in [1.54, 1.807) is 11.3 Å². The molecule has 3 heterocycles. The summed E-state index contributed by atoms with van der Waals surface area (Å²) in [6.45, 7) is 0. The van der Waals surface area contributed by atoms with Gasteiger partial charge < -0.3 is 4.42 Å². The fourth-order valence-electron chi connectivity index (χ4n) is 7.59. The zero-order valence-corrected chi connectivity index (χ0v) is 27.4. The first kappa shape index (κ1) is 27.5. The van der Waals surface area contributed by atoms with Crippen LogP contribution in [0.4, 0.5) is 0 Å². The van der Waals surface area contributed by atoms with Crippen LogP contribution in [0.1, 0.15) is 0 Å². The number of rotatable bonds is 3. The van der Waals surface area contributed by atoms with Crippen LogP contribution in [0.5, 0.6) is 0 Å². The van der Waals surface area contributed by atoms with E-state index in [4.69, 9.17) is 19.4 Å². The lowest BCUT2D eigenvalue weighted by Crippen LogP contribution is -2.00. The smallest absolute Gasteiger partial charge is 0.165 e. The van der Waals surface area contributed by atoms with Crippen molar-refractivity contribution >= 4 is 85.8 Å². The molecule has 4 nitrogen and oxygen atoms in total. The fourth-order valence-corrected chi connectivity index (χ4v) is 8.80. The van der Waals surface area contributed by atoms with Crippen molar-refractivity contribution in [3.8, 4) is 34.2 Å². The molecule has 0 unspecified atom stereocenters. The first-order chi connectivity index (χ1) is 24.8. The first-order valence-electron chi connectivity index (χ1n) is 16.7. The summed E-state index contributed by atoms with van der Waals surface area (Å²) in [5.41, 5.74) is 4.56. The second-order valence-electron chi connectivity index (χ2n) is 12.7. The van der Waals surface area contributed by atoms with E-state index in [0.29, 0.717) is 17.5 Å². The molecule has 11 aromatic rings. The molecular formula is C45H25N3OS. The second kappa shape index (κ2) is 10.5. The zero-order valence-electron chi connectivity index (χ0n) is 26.6. The molecule has 0 amide bonds. The minimum Gasteiger partial charge on any atom is -0.455 e.